The average molecular weight is 538 g/mol. The van der Waals surface area contributed by atoms with Crippen LogP contribution in [0.4, 0.5) is 16.0 Å². The number of hydrogen-bond acceptors (Lipinski definition) is 7. The molecule has 1 fully saturated rings. The first kappa shape index (κ1) is 25.2. The summed E-state index contributed by atoms with van der Waals surface area (Å²) >= 11 is 5.99. The van der Waals surface area contributed by atoms with Crippen LogP contribution in [0.1, 0.15) is 12.0 Å². The number of carboxylic acids is 1. The van der Waals surface area contributed by atoms with E-state index in [2.05, 4.69) is 15.3 Å². The molecule has 12 heteroatoms. The fourth-order valence-electron chi connectivity index (χ4n) is 3.98. The van der Waals surface area contributed by atoms with Crippen LogP contribution in [-0.4, -0.2) is 30.2 Å². The van der Waals surface area contributed by atoms with Gasteiger partial charge in [0, 0.05) is 23.5 Å². The molecule has 0 saturated heterocycles. The minimum absolute atomic E-state index is 0.00348. The highest BCUT2D eigenvalue weighted by molar-refractivity contribution is 6.30. The standard InChI is InChI=1S/C26H21ClFN5O5/c27-17-3-1-15(2-4-17)13-32-24(31-25(36)33(26(32)37)14-16-11-20(16)23(34)35)30-18-5-7-19(8-6-18)38-22-12-29-10-9-21(22)28/h1-10,12,16,20H,11,13-14H2,(H,34,35)(H,30,31,36). The van der Waals surface area contributed by atoms with E-state index in [-0.39, 0.29) is 30.7 Å². The van der Waals surface area contributed by atoms with Crippen LogP contribution in [0.2, 0.25) is 5.02 Å². The molecule has 10 nitrogen and oxygen atoms in total. The molecule has 5 rings (SSSR count). The van der Waals surface area contributed by atoms with Crippen LogP contribution in [0, 0.1) is 17.7 Å². The fourth-order valence-corrected chi connectivity index (χ4v) is 4.11. The van der Waals surface area contributed by atoms with Crippen molar-refractivity contribution in [3.8, 4) is 11.5 Å². The van der Waals surface area contributed by atoms with Crippen molar-refractivity contribution < 1.29 is 19.0 Å². The summed E-state index contributed by atoms with van der Waals surface area (Å²) in [6, 6.07) is 14.5. The van der Waals surface area contributed by atoms with Crippen LogP contribution in [0.25, 0.3) is 0 Å². The van der Waals surface area contributed by atoms with Gasteiger partial charge >= 0.3 is 17.3 Å². The first-order valence-corrected chi connectivity index (χ1v) is 12.0. The van der Waals surface area contributed by atoms with E-state index in [0.717, 1.165) is 10.1 Å². The number of benzene rings is 2. The third-order valence-corrected chi connectivity index (χ3v) is 6.39. The highest BCUT2D eigenvalue weighted by Crippen LogP contribution is 2.39. The van der Waals surface area contributed by atoms with Crippen molar-refractivity contribution in [3.63, 3.8) is 0 Å². The van der Waals surface area contributed by atoms with Gasteiger partial charge in [0.1, 0.15) is 5.75 Å². The monoisotopic (exact) mass is 537 g/mol. The van der Waals surface area contributed by atoms with Gasteiger partial charge in [-0.2, -0.15) is 4.98 Å². The van der Waals surface area contributed by atoms with Crippen molar-refractivity contribution in [1.29, 1.82) is 0 Å². The van der Waals surface area contributed by atoms with Crippen molar-refractivity contribution in [3.05, 3.63) is 104 Å². The minimum Gasteiger partial charge on any atom is -0.481 e. The van der Waals surface area contributed by atoms with Gasteiger partial charge in [-0.05, 0) is 60.4 Å². The van der Waals surface area contributed by atoms with Crippen LogP contribution in [0.3, 0.4) is 0 Å². The zero-order valence-electron chi connectivity index (χ0n) is 19.8. The summed E-state index contributed by atoms with van der Waals surface area (Å²) in [5, 5.41) is 12.7. The van der Waals surface area contributed by atoms with Crippen LogP contribution < -0.4 is 21.4 Å². The van der Waals surface area contributed by atoms with Gasteiger partial charge in [0.2, 0.25) is 5.95 Å². The lowest BCUT2D eigenvalue weighted by Gasteiger charge is -2.16. The van der Waals surface area contributed by atoms with Gasteiger partial charge in [-0.15, -0.1) is 0 Å². The summed E-state index contributed by atoms with van der Waals surface area (Å²) in [5.74, 6) is -2.07. The number of halogens is 2. The van der Waals surface area contributed by atoms with Crippen molar-refractivity contribution in [2.75, 3.05) is 5.32 Å². The number of nitrogens with zero attached hydrogens (tertiary/aromatic N) is 4. The van der Waals surface area contributed by atoms with E-state index < -0.39 is 29.1 Å². The van der Waals surface area contributed by atoms with Crippen molar-refractivity contribution in [2.24, 2.45) is 11.8 Å². The lowest BCUT2D eigenvalue weighted by atomic mass is 10.2. The van der Waals surface area contributed by atoms with Gasteiger partial charge in [0.15, 0.2) is 11.6 Å². The Morgan fingerprint density at radius 3 is 2.50 bits per heavy atom. The maximum atomic E-state index is 13.9. The fraction of sp³-hybridized carbons (Fsp3) is 0.192. The molecule has 2 heterocycles. The van der Waals surface area contributed by atoms with Crippen molar-refractivity contribution in [1.82, 2.24) is 19.1 Å². The molecule has 38 heavy (non-hydrogen) atoms. The molecule has 4 aromatic rings. The minimum atomic E-state index is -0.950. The van der Waals surface area contributed by atoms with E-state index >= 15 is 0 Å². The molecule has 0 aliphatic heterocycles. The smallest absolute Gasteiger partial charge is 0.354 e. The Morgan fingerprint density at radius 1 is 1.11 bits per heavy atom. The molecule has 2 N–H and O–H groups in total. The van der Waals surface area contributed by atoms with Crippen molar-refractivity contribution in [2.45, 2.75) is 19.5 Å². The topological polar surface area (TPSA) is 128 Å². The van der Waals surface area contributed by atoms with Gasteiger partial charge in [-0.25, -0.2) is 18.5 Å². The molecule has 2 atom stereocenters. The summed E-state index contributed by atoms with van der Waals surface area (Å²) in [6.07, 6.45) is 2.97. The van der Waals surface area contributed by atoms with Gasteiger partial charge < -0.3 is 15.2 Å². The average Bonchev–Trinajstić information content (AvgIpc) is 3.68. The van der Waals surface area contributed by atoms with Crippen LogP contribution in [-0.2, 0) is 17.9 Å². The maximum Gasteiger partial charge on any atom is 0.354 e. The summed E-state index contributed by atoms with van der Waals surface area (Å²) in [5.41, 5.74) is -0.173. The van der Waals surface area contributed by atoms with E-state index in [1.165, 1.54) is 23.0 Å². The van der Waals surface area contributed by atoms with E-state index in [1.54, 1.807) is 48.5 Å². The number of aromatic nitrogens is 4. The number of carbonyl (C=O) groups is 1. The van der Waals surface area contributed by atoms with Crippen LogP contribution in [0.5, 0.6) is 11.5 Å². The molecule has 2 unspecified atom stereocenters. The third kappa shape index (κ3) is 5.57. The molecule has 1 aliphatic rings. The van der Waals surface area contributed by atoms with Gasteiger partial charge in [0.05, 0.1) is 18.7 Å². The lowest BCUT2D eigenvalue weighted by Crippen LogP contribution is -2.43. The first-order chi connectivity index (χ1) is 18.3. The highest BCUT2D eigenvalue weighted by Gasteiger charge is 2.43. The Labute approximate surface area is 219 Å². The summed E-state index contributed by atoms with van der Waals surface area (Å²) in [6.45, 7) is 0.0551. The van der Waals surface area contributed by atoms with Crippen LogP contribution in [0.15, 0.2) is 76.6 Å². The molecular weight excluding hydrogens is 517 g/mol. The molecule has 194 valence electrons. The SMILES string of the molecule is O=C(O)C1CC1Cn1c(=O)nc(Nc2ccc(Oc3cnccc3F)cc2)n(Cc2ccc(Cl)cc2)c1=O. The zero-order valence-corrected chi connectivity index (χ0v) is 20.5. The number of aliphatic carboxylic acids is 1. The van der Waals surface area contributed by atoms with Crippen LogP contribution >= 0.6 is 11.6 Å². The molecule has 2 aromatic carbocycles. The quantitative estimate of drug-likeness (QED) is 0.329. The Hall–Kier alpha value is -4.51. The third-order valence-electron chi connectivity index (χ3n) is 6.13. The first-order valence-electron chi connectivity index (χ1n) is 11.6. The number of nitrogens with one attached hydrogen (secondary N) is 1. The molecular formula is C26H21ClFN5O5. The number of pyridine rings is 1. The van der Waals surface area contributed by atoms with E-state index in [1.807, 2.05) is 0 Å². The van der Waals surface area contributed by atoms with Gasteiger partial charge in [-0.1, -0.05) is 23.7 Å². The van der Waals surface area contributed by atoms with E-state index in [0.29, 0.717) is 22.9 Å². The number of rotatable bonds is 9. The predicted molar refractivity (Wildman–Crippen MR) is 137 cm³/mol. The largest absolute Gasteiger partial charge is 0.481 e. The molecule has 1 aliphatic carbocycles. The van der Waals surface area contributed by atoms with Crippen molar-refractivity contribution >= 4 is 29.2 Å². The molecule has 1 saturated carbocycles. The Kier molecular flexibility index (Phi) is 6.93. The summed E-state index contributed by atoms with van der Waals surface area (Å²) in [4.78, 5) is 45.4. The zero-order chi connectivity index (χ0) is 26.8. The summed E-state index contributed by atoms with van der Waals surface area (Å²) < 4.78 is 21.6. The second-order valence-electron chi connectivity index (χ2n) is 8.82. The Morgan fingerprint density at radius 2 is 1.84 bits per heavy atom. The van der Waals surface area contributed by atoms with E-state index in [4.69, 9.17) is 16.3 Å². The molecule has 0 amide bonds. The molecule has 0 radical (unpaired) electrons. The normalized spacial score (nSPS) is 16.2. The Balaban J connectivity index is 1.44. The maximum absolute atomic E-state index is 13.9. The number of carboxylic acid groups (broad SMARTS) is 1. The predicted octanol–water partition coefficient (Wildman–Crippen LogP) is 3.90. The second kappa shape index (κ2) is 10.5. The van der Waals surface area contributed by atoms with Gasteiger partial charge in [-0.3, -0.25) is 14.3 Å². The number of hydrogen-bond donors (Lipinski definition) is 2. The molecule has 0 spiro atoms. The lowest BCUT2D eigenvalue weighted by molar-refractivity contribution is -0.138. The number of anilines is 2. The van der Waals surface area contributed by atoms with Gasteiger partial charge in [0.25, 0.3) is 0 Å². The summed E-state index contributed by atoms with van der Waals surface area (Å²) in [7, 11) is 0. The second-order valence-corrected chi connectivity index (χ2v) is 9.26. The Bertz CT molecular complexity index is 1600. The molecule has 2 aromatic heterocycles. The highest BCUT2D eigenvalue weighted by atomic mass is 35.5. The van der Waals surface area contributed by atoms with E-state index in [9.17, 15) is 23.9 Å². The molecule has 0 bridgehead atoms. The number of ether oxygens (including phenoxy) is 1.